The molecule has 3 atom stereocenters. The highest BCUT2D eigenvalue weighted by molar-refractivity contribution is 5.99. The number of nitrogens with one attached hydrogen (secondary N) is 1. The van der Waals surface area contributed by atoms with Crippen molar-refractivity contribution in [1.29, 1.82) is 0 Å². The minimum absolute atomic E-state index is 0.197. The molecule has 2 aromatic rings. The third-order valence-corrected chi connectivity index (χ3v) is 6.93. The molecular formula is C27H32FN5O6. The van der Waals surface area contributed by atoms with Crippen molar-refractivity contribution in [3.05, 3.63) is 48.0 Å². The van der Waals surface area contributed by atoms with Crippen LogP contribution in [-0.4, -0.2) is 97.0 Å². The molecule has 0 saturated carbocycles. The number of ether oxygens (including phenoxy) is 2. The van der Waals surface area contributed by atoms with Gasteiger partial charge in [-0.05, 0) is 24.3 Å². The third-order valence-electron chi connectivity index (χ3n) is 6.93. The van der Waals surface area contributed by atoms with Gasteiger partial charge in [0, 0.05) is 56.7 Å². The number of aromatic nitrogens is 1. The minimum Gasteiger partial charge on any atom is -0.442 e. The molecule has 0 aliphatic carbocycles. The van der Waals surface area contributed by atoms with Crippen molar-refractivity contribution in [3.63, 3.8) is 0 Å². The second kappa shape index (κ2) is 12.1. The van der Waals surface area contributed by atoms with Crippen molar-refractivity contribution in [3.8, 4) is 11.1 Å². The number of benzene rings is 1. The van der Waals surface area contributed by atoms with Gasteiger partial charge < -0.3 is 24.7 Å². The summed E-state index contributed by atoms with van der Waals surface area (Å²) in [5.74, 6) is -0.721. The van der Waals surface area contributed by atoms with Crippen LogP contribution in [0.4, 0.5) is 14.9 Å². The van der Waals surface area contributed by atoms with Crippen LogP contribution < -0.4 is 10.2 Å². The smallest absolute Gasteiger partial charge is 0.414 e. The molecule has 39 heavy (non-hydrogen) atoms. The van der Waals surface area contributed by atoms with E-state index in [4.69, 9.17) is 14.3 Å². The molecule has 1 aromatic heterocycles. The fraction of sp³-hybridized carbons (Fsp3) is 0.481. The lowest BCUT2D eigenvalue weighted by Crippen LogP contribution is -2.41. The molecule has 4 heterocycles. The van der Waals surface area contributed by atoms with E-state index >= 15 is 4.39 Å². The monoisotopic (exact) mass is 541 g/mol. The van der Waals surface area contributed by atoms with Crippen molar-refractivity contribution in [1.82, 2.24) is 15.2 Å². The molecule has 11 nitrogen and oxygen atoms in total. The molecule has 0 spiro atoms. The lowest BCUT2D eigenvalue weighted by Gasteiger charge is -2.28. The number of hydrogen-bond acceptors (Lipinski definition) is 9. The molecule has 2 fully saturated rings. The molecule has 3 aliphatic rings. The number of carbonyl (C=O) groups is 2. The highest BCUT2D eigenvalue weighted by atomic mass is 19.1. The average molecular weight is 542 g/mol. The standard InChI is InChI=1S/C27H32FN5O6/c1-17(34)29-14-22-16-33(27(36)38-22)19-3-4-23(24(28)10-19)18-2-5-25(30-13-18)26-12-21(39-31-26)11-20(35)15-32-6-8-37-9-7-32/h2-5,10,13,20-22,35H,6-9,11-12,14-16H2,1H3,(H,29,34)/t20?,21?,22-/m0/s1. The number of anilines is 1. The summed E-state index contributed by atoms with van der Waals surface area (Å²) in [5.41, 5.74) is 2.60. The number of halogens is 1. The number of cyclic esters (lactones) is 1. The van der Waals surface area contributed by atoms with Gasteiger partial charge in [0.25, 0.3) is 0 Å². The molecule has 2 N–H and O–H groups in total. The first kappa shape index (κ1) is 27.0. The number of morpholine rings is 1. The topological polar surface area (TPSA) is 126 Å². The fourth-order valence-electron chi connectivity index (χ4n) is 4.89. The van der Waals surface area contributed by atoms with E-state index in [2.05, 4.69) is 20.4 Å². The Kier molecular flexibility index (Phi) is 8.34. The van der Waals surface area contributed by atoms with Crippen LogP contribution in [0.2, 0.25) is 0 Å². The summed E-state index contributed by atoms with van der Waals surface area (Å²) >= 11 is 0. The van der Waals surface area contributed by atoms with Crippen LogP contribution in [0.3, 0.4) is 0 Å². The van der Waals surface area contributed by atoms with Crippen LogP contribution in [0.5, 0.6) is 0 Å². The fourth-order valence-corrected chi connectivity index (χ4v) is 4.89. The maximum absolute atomic E-state index is 15.1. The van der Waals surface area contributed by atoms with E-state index in [1.54, 1.807) is 30.5 Å². The highest BCUT2D eigenvalue weighted by Crippen LogP contribution is 2.29. The summed E-state index contributed by atoms with van der Waals surface area (Å²) in [6.07, 6.45) is 0.741. The second-order valence-electron chi connectivity index (χ2n) is 9.92. The number of aliphatic hydroxyl groups is 1. The number of rotatable bonds is 9. The van der Waals surface area contributed by atoms with E-state index in [1.807, 2.05) is 0 Å². The van der Waals surface area contributed by atoms with E-state index in [0.717, 1.165) is 13.1 Å². The Labute approximate surface area is 225 Å². The van der Waals surface area contributed by atoms with Crippen molar-refractivity contribution in [2.24, 2.45) is 5.16 Å². The highest BCUT2D eigenvalue weighted by Gasteiger charge is 2.33. The maximum Gasteiger partial charge on any atom is 0.414 e. The number of β-amino-alcohol motifs (C(OH)–C–C–N with tert-alkyl or cyclic N) is 1. The van der Waals surface area contributed by atoms with Crippen molar-refractivity contribution >= 4 is 23.4 Å². The summed E-state index contributed by atoms with van der Waals surface area (Å²) in [7, 11) is 0. The van der Waals surface area contributed by atoms with Gasteiger partial charge >= 0.3 is 6.09 Å². The molecule has 5 rings (SSSR count). The molecule has 0 radical (unpaired) electrons. The molecular weight excluding hydrogens is 509 g/mol. The van der Waals surface area contributed by atoms with Gasteiger partial charge in [0.15, 0.2) is 0 Å². The van der Waals surface area contributed by atoms with E-state index < -0.39 is 24.1 Å². The lowest BCUT2D eigenvalue weighted by molar-refractivity contribution is -0.119. The predicted molar refractivity (Wildman–Crippen MR) is 140 cm³/mol. The van der Waals surface area contributed by atoms with Gasteiger partial charge in [-0.1, -0.05) is 11.2 Å². The first-order valence-corrected chi connectivity index (χ1v) is 13.1. The second-order valence-corrected chi connectivity index (χ2v) is 9.92. The number of hydrogen-bond donors (Lipinski definition) is 2. The Morgan fingerprint density at radius 1 is 1.23 bits per heavy atom. The molecule has 2 amide bonds. The Hall–Kier alpha value is -3.61. The molecule has 208 valence electrons. The number of aliphatic hydroxyl groups excluding tert-OH is 1. The molecule has 2 saturated heterocycles. The van der Waals surface area contributed by atoms with Crippen LogP contribution >= 0.6 is 0 Å². The number of nitrogens with zero attached hydrogens (tertiary/aromatic N) is 4. The first-order chi connectivity index (χ1) is 18.9. The van der Waals surface area contributed by atoms with Crippen LogP contribution in [0.1, 0.15) is 25.5 Å². The maximum atomic E-state index is 15.1. The molecule has 2 unspecified atom stereocenters. The van der Waals surface area contributed by atoms with Gasteiger partial charge in [-0.15, -0.1) is 0 Å². The molecule has 3 aliphatic heterocycles. The van der Waals surface area contributed by atoms with Crippen LogP contribution in [-0.2, 0) is 19.1 Å². The Morgan fingerprint density at radius 3 is 2.77 bits per heavy atom. The quantitative estimate of drug-likeness (QED) is 0.493. The number of carbonyl (C=O) groups excluding carboxylic acids is 2. The summed E-state index contributed by atoms with van der Waals surface area (Å²) in [4.78, 5) is 36.9. The third kappa shape index (κ3) is 6.70. The minimum atomic E-state index is -0.588. The molecule has 12 heteroatoms. The Bertz CT molecular complexity index is 1220. The zero-order valence-corrected chi connectivity index (χ0v) is 21.7. The zero-order valence-electron chi connectivity index (χ0n) is 21.7. The first-order valence-electron chi connectivity index (χ1n) is 13.1. The average Bonchev–Trinajstić information content (AvgIpc) is 3.54. The molecule has 0 bridgehead atoms. The van der Waals surface area contributed by atoms with Crippen LogP contribution in [0.25, 0.3) is 11.1 Å². The Morgan fingerprint density at radius 2 is 2.05 bits per heavy atom. The van der Waals surface area contributed by atoms with E-state index in [0.29, 0.717) is 60.8 Å². The lowest BCUT2D eigenvalue weighted by atomic mass is 10.0. The normalized spacial score (nSPS) is 22.3. The summed E-state index contributed by atoms with van der Waals surface area (Å²) in [6.45, 7) is 5.37. The van der Waals surface area contributed by atoms with Gasteiger partial charge in [0.2, 0.25) is 5.91 Å². The number of oxime groups is 1. The summed E-state index contributed by atoms with van der Waals surface area (Å²) < 4.78 is 25.7. The van der Waals surface area contributed by atoms with Gasteiger partial charge in [0.1, 0.15) is 23.7 Å². The van der Waals surface area contributed by atoms with Crippen molar-refractivity contribution in [2.45, 2.75) is 38.1 Å². The van der Waals surface area contributed by atoms with Gasteiger partial charge in [-0.3, -0.25) is 19.6 Å². The summed E-state index contributed by atoms with van der Waals surface area (Å²) in [6, 6.07) is 8.06. The van der Waals surface area contributed by atoms with Gasteiger partial charge in [-0.25, -0.2) is 9.18 Å². The number of amides is 2. The van der Waals surface area contributed by atoms with Crippen LogP contribution in [0, 0.1) is 5.82 Å². The summed E-state index contributed by atoms with van der Waals surface area (Å²) in [5, 5.41) is 17.2. The van der Waals surface area contributed by atoms with Gasteiger partial charge in [-0.2, -0.15) is 0 Å². The molecule has 1 aromatic carbocycles. The SMILES string of the molecule is CC(=O)NC[C@H]1CN(c2ccc(-c3ccc(C4=NOC(CC(O)CN5CCOCC5)C4)nc3)c(F)c2)C(=O)O1. The predicted octanol–water partition coefficient (Wildman–Crippen LogP) is 1.93. The van der Waals surface area contributed by atoms with E-state index in [1.165, 1.54) is 17.9 Å². The largest absolute Gasteiger partial charge is 0.442 e. The number of pyridine rings is 1. The van der Waals surface area contributed by atoms with Crippen molar-refractivity contribution in [2.75, 3.05) is 50.8 Å². The van der Waals surface area contributed by atoms with Crippen LogP contribution in [0.15, 0.2) is 41.7 Å². The van der Waals surface area contributed by atoms with E-state index in [-0.39, 0.29) is 25.1 Å². The Balaban J connectivity index is 1.16. The van der Waals surface area contributed by atoms with Crippen molar-refractivity contribution < 1.29 is 33.4 Å². The van der Waals surface area contributed by atoms with E-state index in [9.17, 15) is 14.7 Å². The zero-order chi connectivity index (χ0) is 27.4. The van der Waals surface area contributed by atoms with Gasteiger partial charge in [0.05, 0.1) is 43.8 Å².